The Morgan fingerprint density at radius 3 is 2.72 bits per heavy atom. The van der Waals surface area contributed by atoms with Gasteiger partial charge in [0.15, 0.2) is 0 Å². The van der Waals surface area contributed by atoms with Crippen LogP contribution in [0.3, 0.4) is 0 Å². The minimum Gasteiger partial charge on any atom is -0.316 e. The van der Waals surface area contributed by atoms with E-state index < -0.39 is 11.6 Å². The fourth-order valence-electron chi connectivity index (χ4n) is 2.47. The molecule has 0 saturated carbocycles. The first-order valence-electron chi connectivity index (χ1n) is 6.56. The molecular weight excluding hydrogens is 234 g/mol. The first kappa shape index (κ1) is 13.4. The normalized spacial score (nSPS) is 21.8. The number of hydrogen-bond donors (Lipinski definition) is 2. The molecule has 2 N–H and O–H groups in total. The molecule has 0 radical (unpaired) electrons. The maximum Gasteiger partial charge on any atom is 0.130 e. The molecule has 1 aliphatic heterocycles. The Labute approximate surface area is 107 Å². The second-order valence-corrected chi connectivity index (χ2v) is 4.98. The molecule has 0 bridgehead atoms. The lowest BCUT2D eigenvalue weighted by molar-refractivity contribution is 0.344. The van der Waals surface area contributed by atoms with Crippen molar-refractivity contribution in [3.63, 3.8) is 0 Å². The summed E-state index contributed by atoms with van der Waals surface area (Å²) in [6.45, 7) is 4.66. The van der Waals surface area contributed by atoms with E-state index in [0.29, 0.717) is 5.92 Å². The Balaban J connectivity index is 1.92. The quantitative estimate of drug-likeness (QED) is 0.863. The molecule has 1 aromatic rings. The second kappa shape index (κ2) is 6.25. The van der Waals surface area contributed by atoms with Crippen LogP contribution in [0.1, 0.15) is 31.4 Å². The largest absolute Gasteiger partial charge is 0.316 e. The van der Waals surface area contributed by atoms with Gasteiger partial charge in [0, 0.05) is 11.6 Å². The molecule has 100 valence electrons. The lowest BCUT2D eigenvalue weighted by atomic mass is 9.98. The van der Waals surface area contributed by atoms with Crippen molar-refractivity contribution in [1.29, 1.82) is 0 Å². The van der Waals surface area contributed by atoms with Crippen LogP contribution in [0.15, 0.2) is 18.2 Å². The minimum absolute atomic E-state index is 0.140. The molecule has 2 nitrogen and oxygen atoms in total. The molecule has 1 fully saturated rings. The monoisotopic (exact) mass is 254 g/mol. The van der Waals surface area contributed by atoms with Gasteiger partial charge in [-0.25, -0.2) is 8.78 Å². The fourth-order valence-corrected chi connectivity index (χ4v) is 2.47. The molecule has 1 aliphatic rings. The van der Waals surface area contributed by atoms with Crippen molar-refractivity contribution in [2.75, 3.05) is 19.6 Å². The zero-order chi connectivity index (χ0) is 13.0. The van der Waals surface area contributed by atoms with Crippen LogP contribution < -0.4 is 10.6 Å². The Hall–Kier alpha value is -1.00. The van der Waals surface area contributed by atoms with Crippen LogP contribution in [-0.2, 0) is 0 Å². The summed E-state index contributed by atoms with van der Waals surface area (Å²) in [6.07, 6.45) is 2.35. The van der Waals surface area contributed by atoms with E-state index in [1.807, 2.05) is 0 Å². The van der Waals surface area contributed by atoms with Crippen LogP contribution in [0.2, 0.25) is 0 Å². The molecule has 2 unspecified atom stereocenters. The van der Waals surface area contributed by atoms with Gasteiger partial charge in [0.25, 0.3) is 0 Å². The zero-order valence-electron chi connectivity index (χ0n) is 10.7. The van der Waals surface area contributed by atoms with E-state index in [-0.39, 0.29) is 11.6 Å². The summed E-state index contributed by atoms with van der Waals surface area (Å²) in [5.74, 6) is -0.399. The Bertz CT molecular complexity index is 369. The summed E-state index contributed by atoms with van der Waals surface area (Å²) >= 11 is 0. The van der Waals surface area contributed by atoms with Gasteiger partial charge in [-0.2, -0.15) is 0 Å². The summed E-state index contributed by atoms with van der Waals surface area (Å²) in [5, 5.41) is 6.56. The van der Waals surface area contributed by atoms with Gasteiger partial charge in [0.05, 0.1) is 0 Å². The van der Waals surface area contributed by atoms with E-state index in [4.69, 9.17) is 0 Å². The highest BCUT2D eigenvalue weighted by atomic mass is 19.1. The number of benzene rings is 1. The molecule has 0 spiro atoms. The van der Waals surface area contributed by atoms with Crippen LogP contribution in [0, 0.1) is 17.6 Å². The van der Waals surface area contributed by atoms with Crippen LogP contribution in [0.25, 0.3) is 0 Å². The molecule has 0 aliphatic carbocycles. The summed E-state index contributed by atoms with van der Waals surface area (Å²) in [7, 11) is 0. The van der Waals surface area contributed by atoms with Crippen LogP contribution in [-0.4, -0.2) is 19.6 Å². The van der Waals surface area contributed by atoms with E-state index >= 15 is 0 Å². The summed E-state index contributed by atoms with van der Waals surface area (Å²) in [5.41, 5.74) is 0.140. The molecule has 1 saturated heterocycles. The summed E-state index contributed by atoms with van der Waals surface area (Å²) in [4.78, 5) is 0. The second-order valence-electron chi connectivity index (χ2n) is 4.98. The predicted molar refractivity (Wildman–Crippen MR) is 68.4 cm³/mol. The highest BCUT2D eigenvalue weighted by Gasteiger charge is 2.18. The molecule has 1 heterocycles. The van der Waals surface area contributed by atoms with Gasteiger partial charge < -0.3 is 10.6 Å². The topological polar surface area (TPSA) is 24.1 Å². The SMILES string of the molecule is CC(NCC1CCCNC1)c1c(F)cccc1F. The van der Waals surface area contributed by atoms with Crippen molar-refractivity contribution < 1.29 is 8.78 Å². The summed E-state index contributed by atoms with van der Waals surface area (Å²) < 4.78 is 27.1. The van der Waals surface area contributed by atoms with Crippen LogP contribution in [0.4, 0.5) is 8.78 Å². The first-order valence-corrected chi connectivity index (χ1v) is 6.56. The van der Waals surface area contributed by atoms with E-state index in [2.05, 4.69) is 10.6 Å². The van der Waals surface area contributed by atoms with Crippen molar-refractivity contribution in [3.05, 3.63) is 35.4 Å². The first-order chi connectivity index (χ1) is 8.68. The number of nitrogens with one attached hydrogen (secondary N) is 2. The number of hydrogen-bond acceptors (Lipinski definition) is 2. The smallest absolute Gasteiger partial charge is 0.130 e. The van der Waals surface area contributed by atoms with E-state index in [1.54, 1.807) is 6.92 Å². The number of piperidine rings is 1. The molecule has 4 heteroatoms. The minimum atomic E-state index is -0.475. The third-order valence-electron chi connectivity index (χ3n) is 3.54. The standard InChI is InChI=1S/C14H20F2N2/c1-10(14-12(15)5-2-6-13(14)16)18-9-11-4-3-7-17-8-11/h2,5-6,10-11,17-18H,3-4,7-9H2,1H3. The molecule has 2 atom stereocenters. The number of halogens is 2. The van der Waals surface area contributed by atoms with Crippen molar-refractivity contribution in [2.45, 2.75) is 25.8 Å². The molecular formula is C14H20F2N2. The van der Waals surface area contributed by atoms with Gasteiger partial charge in [0.1, 0.15) is 11.6 Å². The lowest BCUT2D eigenvalue weighted by Gasteiger charge is -2.25. The van der Waals surface area contributed by atoms with Crippen molar-refractivity contribution >= 4 is 0 Å². The van der Waals surface area contributed by atoms with Crippen LogP contribution >= 0.6 is 0 Å². The van der Waals surface area contributed by atoms with Crippen LogP contribution in [0.5, 0.6) is 0 Å². The third-order valence-corrected chi connectivity index (χ3v) is 3.54. The molecule has 2 rings (SSSR count). The summed E-state index contributed by atoms with van der Waals surface area (Å²) in [6, 6.07) is 3.71. The molecule has 18 heavy (non-hydrogen) atoms. The molecule has 0 amide bonds. The lowest BCUT2D eigenvalue weighted by Crippen LogP contribution is -2.37. The Morgan fingerprint density at radius 2 is 2.11 bits per heavy atom. The Morgan fingerprint density at radius 1 is 1.39 bits per heavy atom. The van der Waals surface area contributed by atoms with Gasteiger partial charge in [0.2, 0.25) is 0 Å². The third kappa shape index (κ3) is 3.27. The highest BCUT2D eigenvalue weighted by Crippen LogP contribution is 2.20. The predicted octanol–water partition coefficient (Wildman–Crippen LogP) is 2.62. The zero-order valence-corrected chi connectivity index (χ0v) is 10.7. The maximum atomic E-state index is 13.6. The average Bonchev–Trinajstić information content (AvgIpc) is 2.37. The van der Waals surface area contributed by atoms with Gasteiger partial charge in [-0.1, -0.05) is 6.07 Å². The van der Waals surface area contributed by atoms with E-state index in [9.17, 15) is 8.78 Å². The molecule has 0 aromatic heterocycles. The average molecular weight is 254 g/mol. The Kier molecular flexibility index (Phi) is 4.66. The highest BCUT2D eigenvalue weighted by molar-refractivity contribution is 5.22. The van der Waals surface area contributed by atoms with E-state index in [0.717, 1.165) is 19.6 Å². The van der Waals surface area contributed by atoms with Crippen molar-refractivity contribution in [2.24, 2.45) is 5.92 Å². The maximum absolute atomic E-state index is 13.6. The van der Waals surface area contributed by atoms with Gasteiger partial charge >= 0.3 is 0 Å². The van der Waals surface area contributed by atoms with Crippen molar-refractivity contribution in [1.82, 2.24) is 10.6 Å². The van der Waals surface area contributed by atoms with Crippen molar-refractivity contribution in [3.8, 4) is 0 Å². The van der Waals surface area contributed by atoms with E-state index in [1.165, 1.54) is 31.0 Å². The van der Waals surface area contributed by atoms with Gasteiger partial charge in [-0.15, -0.1) is 0 Å². The number of rotatable bonds is 4. The molecule has 1 aromatic carbocycles. The van der Waals surface area contributed by atoms with Gasteiger partial charge in [-0.3, -0.25) is 0 Å². The van der Waals surface area contributed by atoms with Gasteiger partial charge in [-0.05, 0) is 57.5 Å². The fraction of sp³-hybridized carbons (Fsp3) is 0.571.